The van der Waals surface area contributed by atoms with Crippen molar-refractivity contribution in [2.45, 2.75) is 20.3 Å². The van der Waals surface area contributed by atoms with Gasteiger partial charge in [0.15, 0.2) is 24.7 Å². The Morgan fingerprint density at radius 3 is 2.23 bits per heavy atom. The van der Waals surface area contributed by atoms with Crippen LogP contribution in [0.1, 0.15) is 28.4 Å². The van der Waals surface area contributed by atoms with Crippen molar-refractivity contribution in [3.05, 3.63) is 47.0 Å². The van der Waals surface area contributed by atoms with Crippen LogP contribution in [-0.2, 0) is 20.7 Å². The van der Waals surface area contributed by atoms with Crippen LogP contribution in [0.25, 0.3) is 0 Å². The average molecular weight is 430 g/mol. The summed E-state index contributed by atoms with van der Waals surface area (Å²) < 4.78 is 20.9. The number of methoxy groups -OCH3 is 2. The second-order valence-electron chi connectivity index (χ2n) is 6.55. The quantitative estimate of drug-likeness (QED) is 0.554. The molecule has 0 unspecified atom stereocenters. The van der Waals surface area contributed by atoms with E-state index in [1.54, 1.807) is 0 Å². The van der Waals surface area contributed by atoms with Gasteiger partial charge in [0.2, 0.25) is 5.75 Å². The summed E-state index contributed by atoms with van der Waals surface area (Å²) >= 11 is 0. The van der Waals surface area contributed by atoms with Crippen LogP contribution in [0.2, 0.25) is 0 Å². The summed E-state index contributed by atoms with van der Waals surface area (Å²) in [4.78, 5) is 35.8. The van der Waals surface area contributed by atoms with E-state index in [0.717, 1.165) is 17.5 Å². The monoisotopic (exact) mass is 430 g/mol. The van der Waals surface area contributed by atoms with E-state index in [-0.39, 0.29) is 22.8 Å². The van der Waals surface area contributed by atoms with Gasteiger partial charge in [-0.25, -0.2) is 4.79 Å². The van der Waals surface area contributed by atoms with Crippen molar-refractivity contribution >= 4 is 23.5 Å². The topological polar surface area (TPSA) is 126 Å². The molecule has 2 aromatic rings. The fourth-order valence-corrected chi connectivity index (χ4v) is 2.88. The molecule has 0 aromatic heterocycles. The smallest absolute Gasteiger partial charge is 0.338 e. The maximum Gasteiger partial charge on any atom is 0.338 e. The number of nitrogens with one attached hydrogen (secondary N) is 1. The standard InChI is InChI=1S/C22H26N2O7/c1-5-14-8-6-7-13(2)20(14)24-19(26)12-31-22(27)15-9-16(28-3)21(17(10-15)29-4)30-11-18(23)25/h6-10H,5,11-12H2,1-4H3,(H2,23,25)(H,24,26). The SMILES string of the molecule is CCc1cccc(C)c1NC(=O)COC(=O)c1cc(OC)c(OCC(N)=O)c(OC)c1. The molecule has 0 fully saturated rings. The van der Waals surface area contributed by atoms with Crippen LogP contribution in [0.15, 0.2) is 30.3 Å². The predicted molar refractivity (Wildman–Crippen MR) is 114 cm³/mol. The summed E-state index contributed by atoms with van der Waals surface area (Å²) in [5.41, 5.74) is 7.79. The first-order chi connectivity index (χ1) is 14.8. The molecule has 0 saturated heterocycles. The highest BCUT2D eigenvalue weighted by molar-refractivity contribution is 5.97. The Hall–Kier alpha value is -3.75. The number of esters is 1. The molecule has 0 bridgehead atoms. The molecule has 31 heavy (non-hydrogen) atoms. The molecule has 0 aliphatic rings. The Labute approximate surface area is 180 Å². The third-order valence-corrected chi connectivity index (χ3v) is 4.39. The molecule has 0 radical (unpaired) electrons. The van der Waals surface area contributed by atoms with Crippen LogP contribution in [0.4, 0.5) is 5.69 Å². The Bertz CT molecular complexity index is 947. The third kappa shape index (κ3) is 6.11. The van der Waals surface area contributed by atoms with Gasteiger partial charge in [-0.05, 0) is 36.6 Å². The van der Waals surface area contributed by atoms with Crippen molar-refractivity contribution in [2.24, 2.45) is 5.73 Å². The van der Waals surface area contributed by atoms with Gasteiger partial charge < -0.3 is 30.0 Å². The van der Waals surface area contributed by atoms with E-state index in [1.165, 1.54) is 26.4 Å². The molecule has 0 atom stereocenters. The van der Waals surface area contributed by atoms with Crippen LogP contribution < -0.4 is 25.3 Å². The number of hydrogen-bond acceptors (Lipinski definition) is 7. The van der Waals surface area contributed by atoms with Crippen molar-refractivity contribution in [1.82, 2.24) is 0 Å². The fourth-order valence-electron chi connectivity index (χ4n) is 2.88. The third-order valence-electron chi connectivity index (χ3n) is 4.39. The fraction of sp³-hybridized carbons (Fsp3) is 0.318. The average Bonchev–Trinajstić information content (AvgIpc) is 2.76. The van der Waals surface area contributed by atoms with E-state index in [2.05, 4.69) is 5.32 Å². The molecule has 0 aliphatic carbocycles. The molecule has 0 aliphatic heterocycles. The van der Waals surface area contributed by atoms with Gasteiger partial charge in [-0.15, -0.1) is 0 Å². The second kappa shape index (κ2) is 10.9. The lowest BCUT2D eigenvalue weighted by atomic mass is 10.1. The molecule has 2 amide bonds. The Kier molecular flexibility index (Phi) is 8.25. The zero-order chi connectivity index (χ0) is 23.0. The number of aryl methyl sites for hydroxylation is 2. The first kappa shape index (κ1) is 23.5. The van der Waals surface area contributed by atoms with Gasteiger partial charge in [0, 0.05) is 5.69 Å². The van der Waals surface area contributed by atoms with E-state index >= 15 is 0 Å². The number of para-hydroxylation sites is 1. The molecule has 0 heterocycles. The predicted octanol–water partition coefficient (Wildman–Crippen LogP) is 2.23. The van der Waals surface area contributed by atoms with Gasteiger partial charge in [-0.3, -0.25) is 9.59 Å². The minimum Gasteiger partial charge on any atom is -0.493 e. The van der Waals surface area contributed by atoms with Crippen LogP contribution in [0, 0.1) is 6.92 Å². The van der Waals surface area contributed by atoms with Gasteiger partial charge in [0.1, 0.15) is 0 Å². The number of carbonyl (C=O) groups is 3. The van der Waals surface area contributed by atoms with Gasteiger partial charge in [0.05, 0.1) is 19.8 Å². The number of anilines is 1. The maximum atomic E-state index is 12.5. The molecule has 9 nitrogen and oxygen atoms in total. The van der Waals surface area contributed by atoms with E-state index < -0.39 is 31.0 Å². The normalized spacial score (nSPS) is 10.2. The molecule has 166 valence electrons. The number of primary amides is 1. The van der Waals surface area contributed by atoms with Crippen LogP contribution in [-0.4, -0.2) is 45.2 Å². The van der Waals surface area contributed by atoms with Crippen LogP contribution in [0.3, 0.4) is 0 Å². The summed E-state index contributed by atoms with van der Waals surface area (Å²) in [6, 6.07) is 8.45. The molecule has 3 N–H and O–H groups in total. The highest BCUT2D eigenvalue weighted by Gasteiger charge is 2.20. The molecular formula is C22H26N2O7. The number of carbonyl (C=O) groups excluding carboxylic acids is 3. The highest BCUT2D eigenvalue weighted by atomic mass is 16.5. The lowest BCUT2D eigenvalue weighted by Crippen LogP contribution is -2.22. The Morgan fingerprint density at radius 2 is 1.68 bits per heavy atom. The zero-order valence-corrected chi connectivity index (χ0v) is 17.9. The number of ether oxygens (including phenoxy) is 4. The number of rotatable bonds is 10. The first-order valence-electron chi connectivity index (χ1n) is 9.53. The minimum atomic E-state index is -0.756. The van der Waals surface area contributed by atoms with E-state index in [0.29, 0.717) is 5.69 Å². The number of benzene rings is 2. The minimum absolute atomic E-state index is 0.0815. The lowest BCUT2D eigenvalue weighted by molar-refractivity contribution is -0.120. The molecule has 2 rings (SSSR count). The molecule has 0 saturated carbocycles. The molecular weight excluding hydrogens is 404 g/mol. The maximum absolute atomic E-state index is 12.5. The van der Waals surface area contributed by atoms with Crippen molar-refractivity contribution in [2.75, 3.05) is 32.8 Å². The van der Waals surface area contributed by atoms with Gasteiger partial charge in [0.25, 0.3) is 11.8 Å². The van der Waals surface area contributed by atoms with E-state index in [4.69, 9.17) is 24.7 Å². The highest BCUT2D eigenvalue weighted by Crippen LogP contribution is 2.38. The Balaban J connectivity index is 2.11. The first-order valence-corrected chi connectivity index (χ1v) is 9.53. The van der Waals surface area contributed by atoms with Crippen molar-refractivity contribution < 1.29 is 33.3 Å². The summed E-state index contributed by atoms with van der Waals surface area (Å²) in [6.45, 7) is 3.01. The number of nitrogens with two attached hydrogens (primary N) is 1. The summed E-state index contributed by atoms with van der Waals surface area (Å²) in [5, 5.41) is 2.79. The molecule has 9 heteroatoms. The van der Waals surface area contributed by atoms with Gasteiger partial charge >= 0.3 is 5.97 Å². The van der Waals surface area contributed by atoms with E-state index in [9.17, 15) is 14.4 Å². The van der Waals surface area contributed by atoms with Crippen LogP contribution >= 0.6 is 0 Å². The number of hydrogen-bond donors (Lipinski definition) is 2. The molecule has 2 aromatic carbocycles. The Morgan fingerprint density at radius 1 is 1.03 bits per heavy atom. The van der Waals surface area contributed by atoms with Crippen molar-refractivity contribution in [3.8, 4) is 17.2 Å². The largest absolute Gasteiger partial charge is 0.493 e. The summed E-state index contributed by atoms with van der Waals surface area (Å²) in [5.74, 6) is -1.50. The lowest BCUT2D eigenvalue weighted by Gasteiger charge is -2.15. The number of amides is 2. The van der Waals surface area contributed by atoms with Gasteiger partial charge in [-0.1, -0.05) is 25.1 Å². The van der Waals surface area contributed by atoms with Gasteiger partial charge in [-0.2, -0.15) is 0 Å². The molecule has 0 spiro atoms. The summed E-state index contributed by atoms with van der Waals surface area (Å²) in [7, 11) is 2.73. The van der Waals surface area contributed by atoms with Crippen molar-refractivity contribution in [1.29, 1.82) is 0 Å². The van der Waals surface area contributed by atoms with E-state index in [1.807, 2.05) is 32.0 Å². The summed E-state index contributed by atoms with van der Waals surface area (Å²) in [6.07, 6.45) is 0.751. The second-order valence-corrected chi connectivity index (χ2v) is 6.55. The van der Waals surface area contributed by atoms with Crippen LogP contribution in [0.5, 0.6) is 17.2 Å². The zero-order valence-electron chi connectivity index (χ0n) is 17.9. The van der Waals surface area contributed by atoms with Crippen molar-refractivity contribution in [3.63, 3.8) is 0 Å².